The molecule has 0 heterocycles. The van der Waals surface area contributed by atoms with Crippen LogP contribution in [0, 0.1) is 0 Å². The molecule has 0 amide bonds. The van der Waals surface area contributed by atoms with Gasteiger partial charge in [-0.05, 0) is 40.3 Å². The van der Waals surface area contributed by atoms with E-state index in [9.17, 15) is 0 Å². The molecule has 4 aromatic carbocycles. The molecule has 0 saturated heterocycles. The van der Waals surface area contributed by atoms with Crippen LogP contribution in [0.5, 0.6) is 0 Å². The summed E-state index contributed by atoms with van der Waals surface area (Å²) in [5, 5.41) is 6.19. The summed E-state index contributed by atoms with van der Waals surface area (Å²) >= 11 is 3.75. The summed E-state index contributed by atoms with van der Waals surface area (Å²) in [5.74, 6) is 0. The second-order valence-corrected chi connectivity index (χ2v) is 7.29. The van der Waals surface area contributed by atoms with Crippen LogP contribution in [-0.2, 0) is 6.42 Å². The van der Waals surface area contributed by atoms with E-state index < -0.39 is 0 Å². The summed E-state index contributed by atoms with van der Waals surface area (Å²) in [6.45, 7) is 0. The van der Waals surface area contributed by atoms with Crippen molar-refractivity contribution in [2.24, 2.45) is 0 Å². The summed E-state index contributed by atoms with van der Waals surface area (Å²) in [6.07, 6.45) is 0.970. The molecular formula is C23H16BrN. The van der Waals surface area contributed by atoms with Gasteiger partial charge in [-0.1, -0.05) is 76.6 Å². The fraction of sp³-hybridized carbons (Fsp3) is 0.0435. The summed E-state index contributed by atoms with van der Waals surface area (Å²) in [5.41, 5.74) is 7.75. The van der Waals surface area contributed by atoms with Gasteiger partial charge in [0.05, 0.1) is 0 Å². The molecule has 0 atom stereocenters. The molecule has 0 saturated carbocycles. The van der Waals surface area contributed by atoms with Crippen molar-refractivity contribution in [1.82, 2.24) is 0 Å². The van der Waals surface area contributed by atoms with Crippen LogP contribution in [-0.4, -0.2) is 0 Å². The summed E-state index contributed by atoms with van der Waals surface area (Å²) in [7, 11) is 0. The Labute approximate surface area is 155 Å². The van der Waals surface area contributed by atoms with Crippen LogP contribution in [0.2, 0.25) is 0 Å². The smallest absolute Gasteiger partial charge is 0.0463 e. The van der Waals surface area contributed by atoms with Crippen molar-refractivity contribution in [2.45, 2.75) is 6.42 Å². The van der Waals surface area contributed by atoms with Gasteiger partial charge in [0, 0.05) is 33.2 Å². The van der Waals surface area contributed by atoms with Crippen molar-refractivity contribution in [2.75, 3.05) is 5.32 Å². The number of anilines is 2. The fourth-order valence-corrected chi connectivity index (χ4v) is 4.38. The number of nitrogens with one attached hydrogen (secondary N) is 1. The first-order valence-corrected chi connectivity index (χ1v) is 9.25. The Morgan fingerprint density at radius 1 is 0.720 bits per heavy atom. The van der Waals surface area contributed by atoms with E-state index in [1.54, 1.807) is 0 Å². The standard InChI is InChI=1S/C23H16BrN/c24-20-12-13-22(19-14-16-7-2-4-10-18(16)23(19)20)25-21-11-5-8-15-6-1-3-9-17(15)21/h1-13,25H,14H2. The normalized spacial score (nSPS) is 12.0. The van der Waals surface area contributed by atoms with E-state index >= 15 is 0 Å². The molecule has 0 spiro atoms. The third kappa shape index (κ3) is 2.37. The Morgan fingerprint density at radius 3 is 2.48 bits per heavy atom. The molecule has 4 aromatic rings. The maximum absolute atomic E-state index is 3.75. The van der Waals surface area contributed by atoms with Crippen molar-refractivity contribution in [3.63, 3.8) is 0 Å². The first kappa shape index (κ1) is 14.7. The lowest BCUT2D eigenvalue weighted by atomic mass is 10.0. The Balaban J connectivity index is 1.65. The highest BCUT2D eigenvalue weighted by molar-refractivity contribution is 9.10. The molecule has 1 aliphatic carbocycles. The molecule has 0 aliphatic heterocycles. The van der Waals surface area contributed by atoms with Gasteiger partial charge in [0.15, 0.2) is 0 Å². The predicted octanol–water partition coefficient (Wildman–Crippen LogP) is 6.92. The van der Waals surface area contributed by atoms with Gasteiger partial charge in [-0.25, -0.2) is 0 Å². The van der Waals surface area contributed by atoms with Crippen LogP contribution < -0.4 is 5.32 Å². The number of hydrogen-bond acceptors (Lipinski definition) is 1. The Kier molecular flexibility index (Phi) is 3.39. The van der Waals surface area contributed by atoms with Gasteiger partial charge in [0.25, 0.3) is 0 Å². The zero-order valence-corrected chi connectivity index (χ0v) is 15.2. The molecule has 0 radical (unpaired) electrons. The van der Waals surface area contributed by atoms with Crippen molar-refractivity contribution < 1.29 is 0 Å². The highest BCUT2D eigenvalue weighted by Crippen LogP contribution is 2.45. The van der Waals surface area contributed by atoms with Crippen molar-refractivity contribution in [1.29, 1.82) is 0 Å². The molecule has 1 aliphatic rings. The average molecular weight is 386 g/mol. The zero-order chi connectivity index (χ0) is 16.8. The monoisotopic (exact) mass is 385 g/mol. The van der Waals surface area contributed by atoms with Crippen molar-refractivity contribution in [3.05, 3.63) is 94.5 Å². The topological polar surface area (TPSA) is 12.0 Å². The molecular weight excluding hydrogens is 370 g/mol. The number of rotatable bonds is 2. The quantitative estimate of drug-likeness (QED) is 0.347. The minimum atomic E-state index is 0.970. The van der Waals surface area contributed by atoms with Crippen LogP contribution in [0.3, 0.4) is 0 Å². The van der Waals surface area contributed by atoms with Gasteiger partial charge in [-0.2, -0.15) is 0 Å². The van der Waals surface area contributed by atoms with E-state index in [4.69, 9.17) is 0 Å². The third-order valence-electron chi connectivity index (χ3n) is 4.97. The van der Waals surface area contributed by atoms with Crippen LogP contribution in [0.25, 0.3) is 21.9 Å². The van der Waals surface area contributed by atoms with E-state index in [1.165, 1.54) is 38.7 Å². The number of fused-ring (bicyclic) bond motifs is 4. The minimum absolute atomic E-state index is 0.970. The van der Waals surface area contributed by atoms with Gasteiger partial charge in [0.2, 0.25) is 0 Å². The van der Waals surface area contributed by atoms with Crippen molar-refractivity contribution >= 4 is 38.1 Å². The molecule has 0 aromatic heterocycles. The highest BCUT2D eigenvalue weighted by atomic mass is 79.9. The van der Waals surface area contributed by atoms with E-state index in [0.717, 1.165) is 16.6 Å². The van der Waals surface area contributed by atoms with E-state index in [1.807, 2.05) is 0 Å². The second-order valence-electron chi connectivity index (χ2n) is 6.43. The van der Waals surface area contributed by atoms with Crippen LogP contribution in [0.4, 0.5) is 11.4 Å². The SMILES string of the molecule is Brc1ccc(Nc2cccc3ccccc23)c2c1-c1ccccc1C2. The first-order chi connectivity index (χ1) is 12.3. The number of benzene rings is 4. The van der Waals surface area contributed by atoms with Gasteiger partial charge in [0.1, 0.15) is 0 Å². The molecule has 25 heavy (non-hydrogen) atoms. The Morgan fingerprint density at radius 2 is 1.52 bits per heavy atom. The van der Waals surface area contributed by atoms with Gasteiger partial charge in [-0.15, -0.1) is 0 Å². The largest absolute Gasteiger partial charge is 0.355 e. The summed E-state index contributed by atoms with van der Waals surface area (Å²) in [6, 6.07) is 27.9. The molecule has 1 N–H and O–H groups in total. The van der Waals surface area contributed by atoms with E-state index in [2.05, 4.69) is 100 Å². The maximum Gasteiger partial charge on any atom is 0.0463 e. The second kappa shape index (κ2) is 5.75. The molecule has 2 heteroatoms. The highest BCUT2D eigenvalue weighted by Gasteiger charge is 2.23. The molecule has 1 nitrogen and oxygen atoms in total. The zero-order valence-electron chi connectivity index (χ0n) is 13.6. The summed E-state index contributed by atoms with van der Waals surface area (Å²) < 4.78 is 1.16. The lowest BCUT2D eigenvalue weighted by Crippen LogP contribution is -1.96. The third-order valence-corrected chi connectivity index (χ3v) is 5.64. The number of halogens is 1. The van der Waals surface area contributed by atoms with E-state index in [0.29, 0.717) is 0 Å². The van der Waals surface area contributed by atoms with Crippen LogP contribution in [0.15, 0.2) is 83.3 Å². The predicted molar refractivity (Wildman–Crippen MR) is 110 cm³/mol. The average Bonchev–Trinajstić information content (AvgIpc) is 3.05. The Hall–Kier alpha value is -2.58. The van der Waals surface area contributed by atoms with E-state index in [-0.39, 0.29) is 0 Å². The van der Waals surface area contributed by atoms with Crippen LogP contribution >= 0.6 is 15.9 Å². The summed E-state index contributed by atoms with van der Waals surface area (Å²) in [4.78, 5) is 0. The first-order valence-electron chi connectivity index (χ1n) is 8.46. The van der Waals surface area contributed by atoms with Gasteiger partial charge in [-0.3, -0.25) is 0 Å². The van der Waals surface area contributed by atoms with Gasteiger partial charge < -0.3 is 5.32 Å². The molecule has 120 valence electrons. The maximum atomic E-state index is 3.75. The number of hydrogen-bond donors (Lipinski definition) is 1. The molecule has 0 fully saturated rings. The van der Waals surface area contributed by atoms with Crippen molar-refractivity contribution in [3.8, 4) is 11.1 Å². The Bertz CT molecular complexity index is 1110. The minimum Gasteiger partial charge on any atom is -0.355 e. The molecule has 0 bridgehead atoms. The fourth-order valence-electron chi connectivity index (χ4n) is 3.80. The van der Waals surface area contributed by atoms with Crippen LogP contribution in [0.1, 0.15) is 11.1 Å². The molecule has 5 rings (SSSR count). The lowest BCUT2D eigenvalue weighted by molar-refractivity contribution is 1.26. The molecule has 0 unspecified atom stereocenters. The van der Waals surface area contributed by atoms with Gasteiger partial charge >= 0.3 is 0 Å². The lowest BCUT2D eigenvalue weighted by Gasteiger charge is -2.15.